The minimum Gasteiger partial charge on any atom is -0.314 e. The summed E-state index contributed by atoms with van der Waals surface area (Å²) in [6.45, 7) is 3.75. The lowest BCUT2D eigenvalue weighted by molar-refractivity contribution is -0.121. The number of anilines is 1. The zero-order valence-electron chi connectivity index (χ0n) is 10.1. The minimum absolute atomic E-state index is 0.0257. The SMILES string of the molecule is CN1C(=O)C(C)(C)c2ccc(C(=O)NN)cc21. The van der Waals surface area contributed by atoms with Gasteiger partial charge in [0.1, 0.15) is 0 Å². The molecule has 0 radical (unpaired) electrons. The Morgan fingerprint density at radius 1 is 1.41 bits per heavy atom. The average Bonchev–Trinajstić information content (AvgIpc) is 2.50. The summed E-state index contributed by atoms with van der Waals surface area (Å²) in [5, 5.41) is 0. The summed E-state index contributed by atoms with van der Waals surface area (Å²) in [5.41, 5.74) is 3.68. The first kappa shape index (κ1) is 11.6. The third-order valence-electron chi connectivity index (χ3n) is 3.27. The van der Waals surface area contributed by atoms with E-state index < -0.39 is 5.41 Å². The minimum atomic E-state index is -0.540. The van der Waals surface area contributed by atoms with E-state index in [1.165, 1.54) is 0 Å². The van der Waals surface area contributed by atoms with Crippen molar-refractivity contribution in [2.45, 2.75) is 19.3 Å². The number of fused-ring (bicyclic) bond motifs is 1. The van der Waals surface area contributed by atoms with Gasteiger partial charge in [-0.1, -0.05) is 6.07 Å². The number of hydrogen-bond donors (Lipinski definition) is 2. The Labute approximate surface area is 99.6 Å². The lowest BCUT2D eigenvalue weighted by Gasteiger charge is -2.16. The molecule has 0 atom stereocenters. The number of nitrogens with one attached hydrogen (secondary N) is 1. The van der Waals surface area contributed by atoms with E-state index in [0.717, 1.165) is 11.3 Å². The van der Waals surface area contributed by atoms with Crippen LogP contribution in [0.15, 0.2) is 18.2 Å². The molecule has 0 saturated carbocycles. The summed E-state index contributed by atoms with van der Waals surface area (Å²) in [6.07, 6.45) is 0. The van der Waals surface area contributed by atoms with Crippen molar-refractivity contribution in [2.24, 2.45) is 5.84 Å². The first-order valence-electron chi connectivity index (χ1n) is 5.33. The Balaban J connectivity index is 2.56. The van der Waals surface area contributed by atoms with Gasteiger partial charge in [-0.25, -0.2) is 5.84 Å². The van der Waals surface area contributed by atoms with Gasteiger partial charge in [0.25, 0.3) is 5.91 Å². The van der Waals surface area contributed by atoms with Crippen molar-refractivity contribution in [1.82, 2.24) is 5.43 Å². The van der Waals surface area contributed by atoms with Crippen molar-refractivity contribution in [3.63, 3.8) is 0 Å². The highest BCUT2D eigenvalue weighted by atomic mass is 16.2. The number of amides is 2. The van der Waals surface area contributed by atoms with Gasteiger partial charge in [-0.15, -0.1) is 0 Å². The van der Waals surface area contributed by atoms with Crippen LogP contribution < -0.4 is 16.2 Å². The normalized spacial score (nSPS) is 16.9. The van der Waals surface area contributed by atoms with Gasteiger partial charge in [0.15, 0.2) is 0 Å². The fraction of sp³-hybridized carbons (Fsp3) is 0.333. The molecule has 0 aromatic heterocycles. The molecule has 1 aliphatic heterocycles. The Morgan fingerprint density at radius 3 is 2.65 bits per heavy atom. The lowest BCUT2D eigenvalue weighted by Crippen LogP contribution is -2.33. The molecule has 5 heteroatoms. The number of benzene rings is 1. The fourth-order valence-corrected chi connectivity index (χ4v) is 2.21. The molecule has 0 saturated heterocycles. The van der Waals surface area contributed by atoms with Gasteiger partial charge in [0, 0.05) is 18.3 Å². The summed E-state index contributed by atoms with van der Waals surface area (Å²) in [7, 11) is 1.71. The van der Waals surface area contributed by atoms with E-state index >= 15 is 0 Å². The van der Waals surface area contributed by atoms with Crippen LogP contribution in [0.25, 0.3) is 0 Å². The van der Waals surface area contributed by atoms with Gasteiger partial charge >= 0.3 is 0 Å². The quantitative estimate of drug-likeness (QED) is 0.422. The van der Waals surface area contributed by atoms with Crippen molar-refractivity contribution in [3.05, 3.63) is 29.3 Å². The molecule has 5 nitrogen and oxygen atoms in total. The largest absolute Gasteiger partial charge is 0.314 e. The second kappa shape index (κ2) is 3.56. The van der Waals surface area contributed by atoms with Gasteiger partial charge < -0.3 is 4.90 Å². The van der Waals surface area contributed by atoms with Crippen LogP contribution in [0.3, 0.4) is 0 Å². The highest BCUT2D eigenvalue weighted by Gasteiger charge is 2.42. The summed E-state index contributed by atoms with van der Waals surface area (Å²) in [6, 6.07) is 5.17. The van der Waals surface area contributed by atoms with Crippen LogP contribution in [0.1, 0.15) is 29.8 Å². The number of nitrogen functional groups attached to an aromatic ring is 1. The molecule has 0 fully saturated rings. The number of carbonyl (C=O) groups excluding carboxylic acids is 2. The number of rotatable bonds is 1. The highest BCUT2D eigenvalue weighted by Crippen LogP contribution is 2.40. The second-order valence-electron chi connectivity index (χ2n) is 4.69. The maximum absolute atomic E-state index is 12.0. The molecule has 1 aliphatic rings. The van der Waals surface area contributed by atoms with E-state index in [9.17, 15) is 9.59 Å². The number of hydrogen-bond acceptors (Lipinski definition) is 3. The van der Waals surface area contributed by atoms with Crippen LogP contribution >= 0.6 is 0 Å². The zero-order valence-corrected chi connectivity index (χ0v) is 10.1. The predicted octanol–water partition coefficient (Wildman–Crippen LogP) is 0.544. The molecule has 0 bridgehead atoms. The van der Waals surface area contributed by atoms with E-state index in [2.05, 4.69) is 5.43 Å². The van der Waals surface area contributed by atoms with Crippen LogP contribution in [0.5, 0.6) is 0 Å². The number of hydrazine groups is 1. The Hall–Kier alpha value is -1.88. The molecule has 1 aromatic rings. The van der Waals surface area contributed by atoms with Crippen molar-refractivity contribution in [3.8, 4) is 0 Å². The van der Waals surface area contributed by atoms with Crippen LogP contribution in [0, 0.1) is 0 Å². The van der Waals surface area contributed by atoms with Crippen molar-refractivity contribution >= 4 is 17.5 Å². The Bertz CT molecular complexity index is 508. The summed E-state index contributed by atoms with van der Waals surface area (Å²) < 4.78 is 0. The topological polar surface area (TPSA) is 75.4 Å². The summed E-state index contributed by atoms with van der Waals surface area (Å²) in [5.74, 6) is 4.75. The molecule has 2 amide bonds. The van der Waals surface area contributed by atoms with Crippen LogP contribution in [-0.4, -0.2) is 18.9 Å². The fourth-order valence-electron chi connectivity index (χ4n) is 2.21. The molecule has 0 unspecified atom stereocenters. The molecule has 17 heavy (non-hydrogen) atoms. The van der Waals surface area contributed by atoms with E-state index in [1.54, 1.807) is 30.1 Å². The van der Waals surface area contributed by atoms with Crippen LogP contribution in [0.4, 0.5) is 5.69 Å². The molecule has 0 spiro atoms. The summed E-state index contributed by atoms with van der Waals surface area (Å²) in [4.78, 5) is 25.0. The molecule has 1 aromatic carbocycles. The van der Waals surface area contributed by atoms with Crippen molar-refractivity contribution in [1.29, 1.82) is 0 Å². The van der Waals surface area contributed by atoms with Crippen LogP contribution in [0.2, 0.25) is 0 Å². The van der Waals surface area contributed by atoms with Crippen LogP contribution in [-0.2, 0) is 10.2 Å². The second-order valence-corrected chi connectivity index (χ2v) is 4.69. The number of carbonyl (C=O) groups is 2. The number of nitrogens with zero attached hydrogens (tertiary/aromatic N) is 1. The highest BCUT2D eigenvalue weighted by molar-refractivity contribution is 6.08. The Morgan fingerprint density at radius 2 is 2.06 bits per heavy atom. The third-order valence-corrected chi connectivity index (χ3v) is 3.27. The first-order chi connectivity index (χ1) is 7.89. The van der Waals surface area contributed by atoms with Gasteiger partial charge in [-0.2, -0.15) is 0 Å². The zero-order chi connectivity index (χ0) is 12.8. The molecular formula is C12H15N3O2. The smallest absolute Gasteiger partial charge is 0.265 e. The maximum atomic E-state index is 12.0. The standard InChI is InChI=1S/C12H15N3O2/c1-12(2)8-5-4-7(10(16)14-13)6-9(8)15(3)11(12)17/h4-6H,13H2,1-3H3,(H,14,16). The van der Waals surface area contributed by atoms with E-state index in [1.807, 2.05) is 13.8 Å². The monoisotopic (exact) mass is 233 g/mol. The lowest BCUT2D eigenvalue weighted by atomic mass is 9.86. The van der Waals surface area contributed by atoms with Gasteiger partial charge in [0.05, 0.1) is 5.41 Å². The molecule has 0 aliphatic carbocycles. The predicted molar refractivity (Wildman–Crippen MR) is 64.5 cm³/mol. The first-order valence-corrected chi connectivity index (χ1v) is 5.33. The van der Waals surface area contributed by atoms with E-state index in [-0.39, 0.29) is 11.8 Å². The van der Waals surface area contributed by atoms with Gasteiger partial charge in [0.2, 0.25) is 5.91 Å². The molecule has 2 rings (SSSR count). The molecular weight excluding hydrogens is 218 g/mol. The van der Waals surface area contributed by atoms with Crippen molar-refractivity contribution in [2.75, 3.05) is 11.9 Å². The molecule has 3 N–H and O–H groups in total. The van der Waals surface area contributed by atoms with Gasteiger partial charge in [-0.05, 0) is 31.5 Å². The van der Waals surface area contributed by atoms with Crippen molar-refractivity contribution < 1.29 is 9.59 Å². The summed E-state index contributed by atoms with van der Waals surface area (Å²) >= 11 is 0. The number of nitrogens with two attached hydrogens (primary N) is 1. The maximum Gasteiger partial charge on any atom is 0.265 e. The van der Waals surface area contributed by atoms with E-state index in [0.29, 0.717) is 5.56 Å². The van der Waals surface area contributed by atoms with Gasteiger partial charge in [-0.3, -0.25) is 15.0 Å². The van der Waals surface area contributed by atoms with E-state index in [4.69, 9.17) is 5.84 Å². The molecule has 1 heterocycles. The average molecular weight is 233 g/mol. The number of likely N-dealkylation sites (N-methyl/N-ethyl adjacent to an activating group) is 1. The molecule has 90 valence electrons. The Kier molecular flexibility index (Phi) is 2.43. The third kappa shape index (κ3) is 1.51.